The molecule has 0 radical (unpaired) electrons. The molecule has 1 N–H and O–H groups in total. The number of thioether (sulfide) groups is 1. The van der Waals surface area contributed by atoms with Crippen molar-refractivity contribution in [2.75, 3.05) is 42.1 Å². The molecule has 0 bridgehead atoms. The van der Waals surface area contributed by atoms with E-state index < -0.39 is 10.0 Å². The van der Waals surface area contributed by atoms with Crippen molar-refractivity contribution >= 4 is 39.1 Å². The van der Waals surface area contributed by atoms with E-state index in [1.807, 2.05) is 41.5 Å². The van der Waals surface area contributed by atoms with E-state index in [-0.39, 0.29) is 10.8 Å². The van der Waals surface area contributed by atoms with Crippen LogP contribution in [-0.4, -0.2) is 55.8 Å². The van der Waals surface area contributed by atoms with E-state index in [4.69, 9.17) is 0 Å². The highest BCUT2D eigenvalue weighted by Crippen LogP contribution is 2.30. The molecule has 1 aromatic carbocycles. The van der Waals surface area contributed by atoms with Gasteiger partial charge in [-0.1, -0.05) is 27.7 Å². The standard InChI is InChI=1S/C19H33N3O3S2/c1-7-21(8-2)18-12-11-16(27(24,25)22(9-3)10-4)13-17(18)20-19(23)14-26-15(5)6/h11-13,15H,7-10,14H2,1-6H3,(H,20,23). The smallest absolute Gasteiger partial charge is 0.243 e. The SMILES string of the molecule is CCN(CC)c1ccc(S(=O)(=O)N(CC)CC)cc1NC(=O)CSC(C)C. The van der Waals surface area contributed by atoms with Gasteiger partial charge in [-0.2, -0.15) is 4.31 Å². The molecule has 0 aromatic heterocycles. The van der Waals surface area contributed by atoms with Gasteiger partial charge < -0.3 is 10.2 Å². The molecule has 8 heteroatoms. The van der Waals surface area contributed by atoms with Gasteiger partial charge >= 0.3 is 0 Å². The zero-order valence-electron chi connectivity index (χ0n) is 17.3. The van der Waals surface area contributed by atoms with E-state index in [0.717, 1.165) is 18.8 Å². The largest absolute Gasteiger partial charge is 0.370 e. The zero-order chi connectivity index (χ0) is 20.6. The molecule has 0 spiro atoms. The molecule has 27 heavy (non-hydrogen) atoms. The van der Waals surface area contributed by atoms with Crippen LogP contribution < -0.4 is 10.2 Å². The van der Waals surface area contributed by atoms with E-state index in [2.05, 4.69) is 10.2 Å². The van der Waals surface area contributed by atoms with Crippen molar-refractivity contribution in [1.82, 2.24) is 4.31 Å². The lowest BCUT2D eigenvalue weighted by Crippen LogP contribution is -2.31. The maximum atomic E-state index is 12.9. The normalized spacial score (nSPS) is 11.9. The van der Waals surface area contributed by atoms with Crippen LogP contribution in [-0.2, 0) is 14.8 Å². The second kappa shape index (κ2) is 10.9. The average Bonchev–Trinajstić information content (AvgIpc) is 2.62. The van der Waals surface area contributed by atoms with Crippen LogP contribution in [0.5, 0.6) is 0 Å². The fraction of sp³-hybridized carbons (Fsp3) is 0.632. The first-order valence-electron chi connectivity index (χ1n) is 9.51. The number of benzene rings is 1. The second-order valence-electron chi connectivity index (χ2n) is 6.35. The third-order valence-corrected chi connectivity index (χ3v) is 7.38. The highest BCUT2D eigenvalue weighted by atomic mass is 32.2. The number of sulfonamides is 1. The maximum absolute atomic E-state index is 12.9. The van der Waals surface area contributed by atoms with E-state index in [1.54, 1.807) is 30.0 Å². The topological polar surface area (TPSA) is 69.7 Å². The third-order valence-electron chi connectivity index (χ3n) is 4.24. The summed E-state index contributed by atoms with van der Waals surface area (Å²) >= 11 is 1.55. The predicted molar refractivity (Wildman–Crippen MR) is 116 cm³/mol. The van der Waals surface area contributed by atoms with Crippen LogP contribution >= 0.6 is 11.8 Å². The van der Waals surface area contributed by atoms with Crippen molar-refractivity contribution in [3.63, 3.8) is 0 Å². The summed E-state index contributed by atoms with van der Waals surface area (Å²) in [4.78, 5) is 14.7. The van der Waals surface area contributed by atoms with Gasteiger partial charge in [0.05, 0.1) is 22.0 Å². The maximum Gasteiger partial charge on any atom is 0.243 e. The number of nitrogens with zero attached hydrogens (tertiary/aromatic N) is 2. The van der Waals surface area contributed by atoms with Gasteiger partial charge in [-0.15, -0.1) is 11.8 Å². The van der Waals surface area contributed by atoms with E-state index in [9.17, 15) is 13.2 Å². The van der Waals surface area contributed by atoms with Crippen LogP contribution in [0.2, 0.25) is 0 Å². The Morgan fingerprint density at radius 1 is 1.07 bits per heavy atom. The minimum absolute atomic E-state index is 0.125. The van der Waals surface area contributed by atoms with Crippen LogP contribution in [0, 0.1) is 0 Å². The average molecular weight is 416 g/mol. The molecular weight excluding hydrogens is 382 g/mol. The third kappa shape index (κ3) is 6.40. The molecule has 1 rings (SSSR count). The van der Waals surface area contributed by atoms with Gasteiger partial charge in [0.2, 0.25) is 15.9 Å². The number of carbonyl (C=O) groups excluding carboxylic acids is 1. The first-order valence-corrected chi connectivity index (χ1v) is 12.0. The predicted octanol–water partition coefficient (Wildman–Crippen LogP) is 3.64. The molecule has 0 atom stereocenters. The molecule has 6 nitrogen and oxygen atoms in total. The molecule has 0 unspecified atom stereocenters. The van der Waals surface area contributed by atoms with Gasteiger partial charge in [0, 0.05) is 26.2 Å². The number of anilines is 2. The lowest BCUT2D eigenvalue weighted by Gasteiger charge is -2.26. The van der Waals surface area contributed by atoms with E-state index >= 15 is 0 Å². The Labute approximate surface area is 168 Å². The zero-order valence-corrected chi connectivity index (χ0v) is 18.9. The van der Waals surface area contributed by atoms with E-state index in [1.165, 1.54) is 4.31 Å². The molecular formula is C19H33N3O3S2. The molecule has 0 aliphatic carbocycles. The van der Waals surface area contributed by atoms with Crippen molar-refractivity contribution < 1.29 is 13.2 Å². The number of hydrogen-bond acceptors (Lipinski definition) is 5. The quantitative estimate of drug-likeness (QED) is 0.597. The second-order valence-corrected chi connectivity index (χ2v) is 9.85. The summed E-state index contributed by atoms with van der Waals surface area (Å²) in [5, 5.41) is 3.27. The molecule has 0 aliphatic rings. The molecule has 0 aliphatic heterocycles. The van der Waals surface area contributed by atoms with Crippen molar-refractivity contribution in [2.45, 2.75) is 51.7 Å². The Morgan fingerprint density at radius 3 is 2.15 bits per heavy atom. The summed E-state index contributed by atoms with van der Waals surface area (Å²) in [6.45, 7) is 14.1. The van der Waals surface area contributed by atoms with Crippen molar-refractivity contribution in [2.24, 2.45) is 0 Å². The summed E-state index contributed by atoms with van der Waals surface area (Å²) in [6, 6.07) is 4.99. The lowest BCUT2D eigenvalue weighted by molar-refractivity contribution is -0.113. The highest BCUT2D eigenvalue weighted by molar-refractivity contribution is 8.00. The van der Waals surface area contributed by atoms with Crippen LogP contribution in [0.25, 0.3) is 0 Å². The van der Waals surface area contributed by atoms with Crippen molar-refractivity contribution in [3.8, 4) is 0 Å². The number of rotatable bonds is 11. The monoisotopic (exact) mass is 415 g/mol. The van der Waals surface area contributed by atoms with Crippen LogP contribution in [0.4, 0.5) is 11.4 Å². The number of carbonyl (C=O) groups is 1. The first-order chi connectivity index (χ1) is 12.7. The van der Waals surface area contributed by atoms with Crippen LogP contribution in [0.15, 0.2) is 23.1 Å². The Morgan fingerprint density at radius 2 is 1.67 bits per heavy atom. The molecule has 0 fully saturated rings. The molecule has 1 aromatic rings. The van der Waals surface area contributed by atoms with Gasteiger partial charge in [-0.05, 0) is 37.3 Å². The van der Waals surface area contributed by atoms with Gasteiger partial charge in [0.1, 0.15) is 0 Å². The molecule has 1 amide bonds. The van der Waals surface area contributed by atoms with E-state index in [0.29, 0.717) is 29.8 Å². The van der Waals surface area contributed by atoms with Gasteiger partial charge in [0.25, 0.3) is 0 Å². The molecule has 154 valence electrons. The Bertz CT molecular complexity index is 713. The Hall–Kier alpha value is -1.25. The number of hydrogen-bond donors (Lipinski definition) is 1. The first kappa shape index (κ1) is 23.8. The van der Waals surface area contributed by atoms with Gasteiger partial charge in [0.15, 0.2) is 0 Å². The lowest BCUT2D eigenvalue weighted by atomic mass is 10.2. The summed E-state index contributed by atoms with van der Waals surface area (Å²) in [6.07, 6.45) is 0. The fourth-order valence-electron chi connectivity index (χ4n) is 2.76. The van der Waals surface area contributed by atoms with Crippen LogP contribution in [0.1, 0.15) is 41.5 Å². The summed E-state index contributed by atoms with van der Waals surface area (Å²) in [5.74, 6) is 0.210. The summed E-state index contributed by atoms with van der Waals surface area (Å²) in [5.41, 5.74) is 1.38. The van der Waals surface area contributed by atoms with Gasteiger partial charge in [-0.3, -0.25) is 4.79 Å². The number of nitrogens with one attached hydrogen (secondary N) is 1. The van der Waals surface area contributed by atoms with Gasteiger partial charge in [-0.25, -0.2) is 8.42 Å². The highest BCUT2D eigenvalue weighted by Gasteiger charge is 2.23. The minimum atomic E-state index is -3.58. The Kier molecular flexibility index (Phi) is 9.62. The van der Waals surface area contributed by atoms with Crippen LogP contribution in [0.3, 0.4) is 0 Å². The molecule has 0 saturated heterocycles. The fourth-order valence-corrected chi connectivity index (χ4v) is 4.80. The summed E-state index contributed by atoms with van der Waals surface area (Å²) in [7, 11) is -3.58. The molecule has 0 heterocycles. The molecule has 0 saturated carbocycles. The number of amides is 1. The minimum Gasteiger partial charge on any atom is -0.370 e. The summed E-state index contributed by atoms with van der Waals surface area (Å²) < 4.78 is 27.1. The van der Waals surface area contributed by atoms with Crippen molar-refractivity contribution in [1.29, 1.82) is 0 Å². The Balaban J connectivity index is 3.31. The van der Waals surface area contributed by atoms with Crippen molar-refractivity contribution in [3.05, 3.63) is 18.2 Å².